The van der Waals surface area contributed by atoms with Crippen molar-refractivity contribution in [3.63, 3.8) is 0 Å². The van der Waals surface area contributed by atoms with Crippen molar-refractivity contribution in [1.29, 1.82) is 0 Å². The molecule has 11 nitrogen and oxygen atoms in total. The number of rotatable bonds is 6. The quantitative estimate of drug-likeness (QED) is 0.453. The van der Waals surface area contributed by atoms with E-state index < -0.39 is 5.82 Å². The molecular weight excluding hydrogens is 427 g/mol. The fourth-order valence-electron chi connectivity index (χ4n) is 3.53. The van der Waals surface area contributed by atoms with Crippen LogP contribution in [0, 0.1) is 5.82 Å². The van der Waals surface area contributed by atoms with Crippen molar-refractivity contribution in [1.82, 2.24) is 34.5 Å². The third-order valence-electron chi connectivity index (χ3n) is 5.20. The zero-order valence-corrected chi connectivity index (χ0v) is 18.2. The lowest BCUT2D eigenvalue weighted by molar-refractivity contribution is 0.122. The van der Waals surface area contributed by atoms with Gasteiger partial charge in [0.15, 0.2) is 11.5 Å². The molecule has 0 spiro atoms. The monoisotopic (exact) mass is 450 g/mol. The number of nitrogens with zero attached hydrogens (tertiary/aromatic N) is 8. The lowest BCUT2D eigenvalue weighted by Gasteiger charge is -2.27. The Bertz CT molecular complexity index is 1260. The number of imidazole rings is 1. The van der Waals surface area contributed by atoms with Gasteiger partial charge in [-0.15, -0.1) is 0 Å². The van der Waals surface area contributed by atoms with Crippen LogP contribution in [0.15, 0.2) is 37.1 Å². The number of ether oxygens (including phenoxy) is 1. The van der Waals surface area contributed by atoms with E-state index in [4.69, 9.17) is 9.72 Å². The standard InChI is InChI=1S/C21H23FN10O/c1-13(18-23-9-14(22)10-24-18)26-21-29-19(27-16-11-31(2)12-25-16)15-3-4-17(28-20(15)30-21)32-5-7-33-8-6-32/h3-4,9-13H,5-8H2,1-2H3,(H2,26,27,28,29,30)/t13-/m0/s1. The lowest BCUT2D eigenvalue weighted by Crippen LogP contribution is -2.36. The van der Waals surface area contributed by atoms with E-state index >= 15 is 0 Å². The van der Waals surface area contributed by atoms with Crippen molar-refractivity contribution >= 4 is 34.4 Å². The second kappa shape index (κ2) is 8.90. The smallest absolute Gasteiger partial charge is 0.227 e. The summed E-state index contributed by atoms with van der Waals surface area (Å²) in [6.45, 7) is 4.72. The van der Waals surface area contributed by atoms with Gasteiger partial charge in [-0.2, -0.15) is 9.97 Å². The number of anilines is 4. The van der Waals surface area contributed by atoms with Gasteiger partial charge in [-0.05, 0) is 19.1 Å². The van der Waals surface area contributed by atoms with E-state index in [2.05, 4.69) is 40.5 Å². The summed E-state index contributed by atoms with van der Waals surface area (Å²) in [5, 5.41) is 7.20. The van der Waals surface area contributed by atoms with E-state index in [1.807, 2.05) is 36.9 Å². The van der Waals surface area contributed by atoms with E-state index in [0.717, 1.165) is 36.7 Å². The van der Waals surface area contributed by atoms with Crippen LogP contribution in [0.1, 0.15) is 18.8 Å². The topological polar surface area (TPSA) is 119 Å². The Hall–Kier alpha value is -3.93. The number of pyridine rings is 1. The number of morpholine rings is 1. The van der Waals surface area contributed by atoms with E-state index in [9.17, 15) is 4.39 Å². The number of nitrogens with one attached hydrogen (secondary N) is 2. The van der Waals surface area contributed by atoms with Gasteiger partial charge in [-0.3, -0.25) is 0 Å². The van der Waals surface area contributed by atoms with Crippen LogP contribution < -0.4 is 15.5 Å². The van der Waals surface area contributed by atoms with Gasteiger partial charge < -0.3 is 24.8 Å². The van der Waals surface area contributed by atoms with E-state index in [-0.39, 0.29) is 6.04 Å². The van der Waals surface area contributed by atoms with Crippen LogP contribution in [-0.4, -0.2) is 60.8 Å². The highest BCUT2D eigenvalue weighted by Gasteiger charge is 2.17. The Morgan fingerprint density at radius 1 is 1.06 bits per heavy atom. The predicted molar refractivity (Wildman–Crippen MR) is 121 cm³/mol. The van der Waals surface area contributed by atoms with Crippen molar-refractivity contribution in [3.8, 4) is 0 Å². The molecule has 1 aliphatic rings. The van der Waals surface area contributed by atoms with E-state index in [1.54, 1.807) is 6.33 Å². The van der Waals surface area contributed by atoms with Gasteiger partial charge >= 0.3 is 0 Å². The summed E-state index contributed by atoms with van der Waals surface area (Å²) >= 11 is 0. The molecule has 5 heterocycles. The molecule has 0 aliphatic carbocycles. The molecule has 1 saturated heterocycles. The number of aryl methyl sites for hydroxylation is 1. The largest absolute Gasteiger partial charge is 0.378 e. The molecule has 1 aliphatic heterocycles. The van der Waals surface area contributed by atoms with Gasteiger partial charge in [0.2, 0.25) is 5.95 Å². The van der Waals surface area contributed by atoms with Crippen molar-refractivity contribution in [3.05, 3.63) is 48.7 Å². The third-order valence-corrected chi connectivity index (χ3v) is 5.20. The zero-order valence-electron chi connectivity index (χ0n) is 18.2. The first-order valence-electron chi connectivity index (χ1n) is 10.6. The van der Waals surface area contributed by atoms with Gasteiger partial charge in [-0.25, -0.2) is 24.3 Å². The highest BCUT2D eigenvalue weighted by Crippen LogP contribution is 2.27. The third kappa shape index (κ3) is 4.65. The molecule has 1 atom stereocenters. The van der Waals surface area contributed by atoms with Gasteiger partial charge in [0.1, 0.15) is 23.3 Å². The Morgan fingerprint density at radius 2 is 1.85 bits per heavy atom. The zero-order chi connectivity index (χ0) is 22.8. The fraction of sp³-hybridized carbons (Fsp3) is 0.333. The lowest BCUT2D eigenvalue weighted by atomic mass is 10.2. The Morgan fingerprint density at radius 3 is 2.58 bits per heavy atom. The average Bonchev–Trinajstić information content (AvgIpc) is 3.24. The molecule has 1 fully saturated rings. The highest BCUT2D eigenvalue weighted by molar-refractivity contribution is 5.90. The summed E-state index contributed by atoms with van der Waals surface area (Å²) in [7, 11) is 1.89. The van der Waals surface area contributed by atoms with Gasteiger partial charge in [-0.1, -0.05) is 0 Å². The SMILES string of the molecule is C[C@H](Nc1nc(Nc2cn(C)cn2)c2ccc(N3CCOCC3)nc2n1)c1ncc(F)cn1. The summed E-state index contributed by atoms with van der Waals surface area (Å²) in [5.41, 5.74) is 0.530. The maximum absolute atomic E-state index is 13.2. The molecule has 0 radical (unpaired) electrons. The van der Waals surface area contributed by atoms with Crippen molar-refractivity contribution in [2.24, 2.45) is 7.05 Å². The van der Waals surface area contributed by atoms with Gasteiger partial charge in [0.05, 0.1) is 43.4 Å². The normalized spacial score (nSPS) is 14.9. The van der Waals surface area contributed by atoms with Crippen LogP contribution in [0.4, 0.5) is 27.8 Å². The second-order valence-electron chi connectivity index (χ2n) is 7.71. The number of fused-ring (bicyclic) bond motifs is 1. The molecule has 0 saturated carbocycles. The van der Waals surface area contributed by atoms with Crippen molar-refractivity contribution in [2.45, 2.75) is 13.0 Å². The molecule has 0 unspecified atom stereocenters. The molecule has 33 heavy (non-hydrogen) atoms. The molecule has 2 N–H and O–H groups in total. The summed E-state index contributed by atoms with van der Waals surface area (Å²) in [6, 6.07) is 3.56. The molecule has 4 aromatic rings. The van der Waals surface area contributed by atoms with Crippen LogP contribution in [0.2, 0.25) is 0 Å². The summed E-state index contributed by atoms with van der Waals surface area (Å²) < 4.78 is 20.5. The maximum atomic E-state index is 13.2. The van der Waals surface area contributed by atoms with Crippen LogP contribution in [0.25, 0.3) is 11.0 Å². The first-order valence-corrected chi connectivity index (χ1v) is 10.6. The molecule has 0 bridgehead atoms. The van der Waals surface area contributed by atoms with Crippen molar-refractivity contribution < 1.29 is 9.13 Å². The Balaban J connectivity index is 1.51. The molecule has 5 rings (SSSR count). The molecule has 0 aromatic carbocycles. The fourth-order valence-corrected chi connectivity index (χ4v) is 3.53. The van der Waals surface area contributed by atoms with Gasteiger partial charge in [0, 0.05) is 26.3 Å². The van der Waals surface area contributed by atoms with Crippen molar-refractivity contribution in [2.75, 3.05) is 41.8 Å². The molecule has 12 heteroatoms. The van der Waals surface area contributed by atoms with Crippen LogP contribution in [0.3, 0.4) is 0 Å². The van der Waals surface area contributed by atoms with Crippen LogP contribution in [-0.2, 0) is 11.8 Å². The number of halogens is 1. The summed E-state index contributed by atoms with van der Waals surface area (Å²) in [6.07, 6.45) is 5.82. The second-order valence-corrected chi connectivity index (χ2v) is 7.71. The summed E-state index contributed by atoms with van der Waals surface area (Å²) in [5.74, 6) is 2.32. The molecular formula is C21H23FN10O. The van der Waals surface area contributed by atoms with Gasteiger partial charge in [0.25, 0.3) is 0 Å². The molecule has 0 amide bonds. The maximum Gasteiger partial charge on any atom is 0.227 e. The molecule has 4 aromatic heterocycles. The van der Waals surface area contributed by atoms with Crippen LogP contribution in [0.5, 0.6) is 0 Å². The first kappa shape index (κ1) is 20.9. The number of hydrogen-bond donors (Lipinski definition) is 2. The number of aromatic nitrogens is 7. The average molecular weight is 450 g/mol. The minimum absolute atomic E-state index is 0.341. The number of hydrogen-bond acceptors (Lipinski definition) is 10. The molecule has 170 valence electrons. The highest BCUT2D eigenvalue weighted by atomic mass is 19.1. The van der Waals surface area contributed by atoms with Crippen LogP contribution >= 0.6 is 0 Å². The predicted octanol–water partition coefficient (Wildman–Crippen LogP) is 2.44. The summed E-state index contributed by atoms with van der Waals surface area (Å²) in [4.78, 5) is 28.6. The minimum atomic E-state index is -0.491. The van der Waals surface area contributed by atoms with E-state index in [0.29, 0.717) is 42.3 Å². The van der Waals surface area contributed by atoms with E-state index in [1.165, 1.54) is 0 Å². The Labute approximate surface area is 189 Å². The first-order chi connectivity index (χ1) is 16.0. The minimum Gasteiger partial charge on any atom is -0.378 e. The Kier molecular flexibility index (Phi) is 5.65.